The van der Waals surface area contributed by atoms with Gasteiger partial charge in [-0.1, -0.05) is 30.3 Å². The lowest BCUT2D eigenvalue weighted by Gasteiger charge is -2.25. The van der Waals surface area contributed by atoms with Gasteiger partial charge in [-0.25, -0.2) is 0 Å². The highest BCUT2D eigenvalue weighted by atomic mass is 16.6. The van der Waals surface area contributed by atoms with E-state index >= 15 is 0 Å². The predicted molar refractivity (Wildman–Crippen MR) is 89.7 cm³/mol. The quantitative estimate of drug-likeness (QED) is 0.609. The minimum atomic E-state index is -0.734. The maximum atomic E-state index is 12.5. The van der Waals surface area contributed by atoms with Crippen molar-refractivity contribution in [3.8, 4) is 6.07 Å². The molecule has 0 aliphatic heterocycles. The average molecular weight is 340 g/mol. The number of aromatic nitrogens is 1. The van der Waals surface area contributed by atoms with Crippen LogP contribution in [0.4, 0.5) is 5.69 Å². The first-order valence-electron chi connectivity index (χ1n) is 7.44. The van der Waals surface area contributed by atoms with Crippen molar-refractivity contribution in [3.05, 3.63) is 74.2 Å². The van der Waals surface area contributed by atoms with Crippen LogP contribution in [-0.2, 0) is 11.3 Å². The molecule has 0 N–H and O–H groups in total. The van der Waals surface area contributed by atoms with Gasteiger partial charge < -0.3 is 4.90 Å². The molecule has 0 unspecified atom stereocenters. The number of nitriles is 1. The molecule has 0 spiro atoms. The van der Waals surface area contributed by atoms with Gasteiger partial charge in [0.05, 0.1) is 17.2 Å². The molecule has 1 aromatic carbocycles. The molecule has 2 rings (SSSR count). The lowest BCUT2D eigenvalue weighted by atomic mass is 10.1. The van der Waals surface area contributed by atoms with Crippen LogP contribution >= 0.6 is 0 Å². The predicted octanol–water partition coefficient (Wildman–Crippen LogP) is 1.85. The average Bonchev–Trinajstić information content (AvgIpc) is 2.62. The van der Waals surface area contributed by atoms with Crippen molar-refractivity contribution in [2.75, 3.05) is 7.05 Å². The number of pyridine rings is 1. The zero-order chi connectivity index (χ0) is 18.6. The number of carbonyl (C=O) groups is 1. The molecular formula is C17H16N4O4. The molecule has 0 aliphatic rings. The summed E-state index contributed by atoms with van der Waals surface area (Å²) in [6.45, 7) is 1.45. The van der Waals surface area contributed by atoms with Gasteiger partial charge in [0.15, 0.2) is 0 Å². The minimum absolute atomic E-state index is 0.237. The molecule has 1 atom stereocenters. The number of nitrogens with zero attached hydrogens (tertiary/aromatic N) is 4. The topological polar surface area (TPSA) is 109 Å². The molecule has 0 saturated carbocycles. The van der Waals surface area contributed by atoms with Crippen LogP contribution in [0.5, 0.6) is 0 Å². The van der Waals surface area contributed by atoms with E-state index in [4.69, 9.17) is 5.26 Å². The summed E-state index contributed by atoms with van der Waals surface area (Å²) < 4.78 is 0.896. The molecule has 25 heavy (non-hydrogen) atoms. The highest BCUT2D eigenvalue weighted by Crippen LogP contribution is 2.18. The van der Waals surface area contributed by atoms with Crippen molar-refractivity contribution in [2.45, 2.75) is 19.5 Å². The third kappa shape index (κ3) is 3.90. The van der Waals surface area contributed by atoms with Crippen LogP contribution in [0.1, 0.15) is 24.1 Å². The molecular weight excluding hydrogens is 324 g/mol. The Hall–Kier alpha value is -3.47. The van der Waals surface area contributed by atoms with Crippen LogP contribution in [0.2, 0.25) is 0 Å². The summed E-state index contributed by atoms with van der Waals surface area (Å²) in [5.41, 5.74) is -0.604. The van der Waals surface area contributed by atoms with E-state index in [1.165, 1.54) is 4.90 Å². The number of hydrogen-bond acceptors (Lipinski definition) is 5. The standard InChI is InChI=1S/C17H16N4O4/c1-12(13-6-4-3-5-7-13)19(2)16(22)11-20-10-15(21(24)25)8-14(9-18)17(20)23/h3-8,10,12H,11H2,1-2H3/t12-/m0/s1. The van der Waals surface area contributed by atoms with E-state index in [0.717, 1.165) is 22.4 Å². The second kappa shape index (κ2) is 7.40. The monoisotopic (exact) mass is 340 g/mol. The molecule has 128 valence electrons. The van der Waals surface area contributed by atoms with Crippen LogP contribution in [-0.4, -0.2) is 27.3 Å². The molecule has 1 amide bonds. The number of amides is 1. The number of likely N-dealkylation sites (N-methyl/N-ethyl adjacent to an activating group) is 1. The fraction of sp³-hybridized carbons (Fsp3) is 0.235. The van der Waals surface area contributed by atoms with Crippen molar-refractivity contribution < 1.29 is 9.72 Å². The van der Waals surface area contributed by atoms with Crippen LogP contribution in [0, 0.1) is 21.4 Å². The Kier molecular flexibility index (Phi) is 5.29. The summed E-state index contributed by atoms with van der Waals surface area (Å²) in [4.78, 5) is 36.3. The zero-order valence-electron chi connectivity index (χ0n) is 13.7. The summed E-state index contributed by atoms with van der Waals surface area (Å²) in [5, 5.41) is 19.9. The van der Waals surface area contributed by atoms with E-state index in [0.29, 0.717) is 0 Å². The van der Waals surface area contributed by atoms with E-state index < -0.39 is 22.1 Å². The highest BCUT2D eigenvalue weighted by Gasteiger charge is 2.20. The minimum Gasteiger partial charge on any atom is -0.337 e. The van der Waals surface area contributed by atoms with Crippen molar-refractivity contribution in [3.63, 3.8) is 0 Å². The van der Waals surface area contributed by atoms with Crippen molar-refractivity contribution in [1.82, 2.24) is 9.47 Å². The number of hydrogen-bond donors (Lipinski definition) is 0. The fourth-order valence-corrected chi connectivity index (χ4v) is 2.35. The molecule has 8 heteroatoms. The SMILES string of the molecule is C[C@@H](c1ccccc1)N(C)C(=O)Cn1cc([N+](=O)[O-])cc(C#N)c1=O. The molecule has 1 heterocycles. The number of rotatable bonds is 5. The third-order valence-corrected chi connectivity index (χ3v) is 3.96. The van der Waals surface area contributed by atoms with E-state index in [9.17, 15) is 19.7 Å². The Labute approximate surface area is 143 Å². The lowest BCUT2D eigenvalue weighted by Crippen LogP contribution is -2.36. The maximum absolute atomic E-state index is 12.5. The third-order valence-electron chi connectivity index (χ3n) is 3.96. The van der Waals surface area contributed by atoms with Crippen molar-refractivity contribution in [2.24, 2.45) is 0 Å². The molecule has 0 aliphatic carbocycles. The van der Waals surface area contributed by atoms with Gasteiger partial charge in [-0.15, -0.1) is 0 Å². The lowest BCUT2D eigenvalue weighted by molar-refractivity contribution is -0.385. The zero-order valence-corrected chi connectivity index (χ0v) is 13.7. The summed E-state index contributed by atoms with van der Waals surface area (Å²) in [7, 11) is 1.59. The van der Waals surface area contributed by atoms with Gasteiger partial charge in [0.1, 0.15) is 18.2 Å². The summed E-state index contributed by atoms with van der Waals surface area (Å²) in [6, 6.07) is 11.6. The van der Waals surface area contributed by atoms with Crippen LogP contribution in [0.15, 0.2) is 47.4 Å². The second-order valence-corrected chi connectivity index (χ2v) is 5.51. The second-order valence-electron chi connectivity index (χ2n) is 5.51. The number of carbonyl (C=O) groups excluding carboxylic acids is 1. The van der Waals surface area contributed by atoms with Gasteiger partial charge in [0.2, 0.25) is 5.91 Å². The normalized spacial score (nSPS) is 11.4. The summed E-state index contributed by atoms with van der Waals surface area (Å²) in [5.74, 6) is -0.400. The Morgan fingerprint density at radius 1 is 1.40 bits per heavy atom. The van der Waals surface area contributed by atoms with E-state index in [1.54, 1.807) is 13.1 Å². The van der Waals surface area contributed by atoms with Crippen molar-refractivity contribution >= 4 is 11.6 Å². The molecule has 0 saturated heterocycles. The highest BCUT2D eigenvalue weighted by molar-refractivity contribution is 5.76. The molecule has 0 fully saturated rings. The van der Waals surface area contributed by atoms with Gasteiger partial charge in [0, 0.05) is 13.1 Å². The summed E-state index contributed by atoms with van der Waals surface area (Å²) in [6.07, 6.45) is 0.974. The largest absolute Gasteiger partial charge is 0.337 e. The van der Waals surface area contributed by atoms with E-state index in [2.05, 4.69) is 0 Å². The van der Waals surface area contributed by atoms with E-state index in [-0.39, 0.29) is 18.2 Å². The Balaban J connectivity index is 2.28. The number of benzene rings is 1. The Bertz CT molecular complexity index is 899. The van der Waals surface area contributed by atoms with Gasteiger partial charge in [-0.05, 0) is 12.5 Å². The molecule has 1 aromatic heterocycles. The fourth-order valence-electron chi connectivity index (χ4n) is 2.35. The van der Waals surface area contributed by atoms with Gasteiger partial charge >= 0.3 is 0 Å². The Morgan fingerprint density at radius 3 is 2.60 bits per heavy atom. The first-order valence-corrected chi connectivity index (χ1v) is 7.44. The smallest absolute Gasteiger partial charge is 0.287 e. The van der Waals surface area contributed by atoms with E-state index in [1.807, 2.05) is 37.3 Å². The van der Waals surface area contributed by atoms with Crippen LogP contribution in [0.3, 0.4) is 0 Å². The van der Waals surface area contributed by atoms with Crippen molar-refractivity contribution in [1.29, 1.82) is 5.26 Å². The molecule has 8 nitrogen and oxygen atoms in total. The number of nitro groups is 1. The molecule has 0 bridgehead atoms. The van der Waals surface area contributed by atoms with Crippen LogP contribution < -0.4 is 5.56 Å². The van der Waals surface area contributed by atoms with Gasteiger partial charge in [0.25, 0.3) is 11.2 Å². The molecule has 2 aromatic rings. The van der Waals surface area contributed by atoms with Gasteiger partial charge in [-0.3, -0.25) is 24.3 Å². The molecule has 0 radical (unpaired) electrons. The van der Waals surface area contributed by atoms with Gasteiger partial charge in [-0.2, -0.15) is 5.26 Å². The maximum Gasteiger partial charge on any atom is 0.287 e. The summed E-state index contributed by atoms with van der Waals surface area (Å²) >= 11 is 0. The first kappa shape index (κ1) is 17.9. The Morgan fingerprint density at radius 2 is 2.04 bits per heavy atom. The van der Waals surface area contributed by atoms with Crippen LogP contribution in [0.25, 0.3) is 0 Å². The first-order chi connectivity index (χ1) is 11.8.